The molecule has 1 saturated heterocycles. The van der Waals surface area contributed by atoms with Gasteiger partial charge in [0.05, 0.1) is 12.1 Å². The molecule has 5 nitrogen and oxygen atoms in total. The Morgan fingerprint density at radius 1 is 1.33 bits per heavy atom. The molecule has 2 N–H and O–H groups in total. The van der Waals surface area contributed by atoms with E-state index in [0.717, 1.165) is 24.6 Å². The average Bonchev–Trinajstić information content (AvgIpc) is 3.30. The fourth-order valence-corrected chi connectivity index (χ4v) is 4.00. The number of hydrogen-bond donors (Lipinski definition) is 2. The third-order valence-electron chi connectivity index (χ3n) is 4.44. The van der Waals surface area contributed by atoms with Gasteiger partial charge >= 0.3 is 6.03 Å². The van der Waals surface area contributed by atoms with Crippen LogP contribution in [0.3, 0.4) is 0 Å². The lowest BCUT2D eigenvalue weighted by Crippen LogP contribution is -2.42. The number of amides is 2. The standard InChI is InChI=1S/C18H25N3O2S/c1-13-7-8-16(23-13)14(2)20-18(22)19-12-15(17-6-5-11-24-17)21-9-3-4-10-21/h5-8,11,14-15H,3-4,9-10,12H2,1-2H3,(H2,19,20,22)/t14-,15+/m1/s1. The van der Waals surface area contributed by atoms with Crippen molar-refractivity contribution in [3.8, 4) is 0 Å². The van der Waals surface area contributed by atoms with Gasteiger partial charge < -0.3 is 15.1 Å². The summed E-state index contributed by atoms with van der Waals surface area (Å²) in [6.45, 7) is 6.66. The molecule has 0 aliphatic carbocycles. The molecule has 1 aliphatic heterocycles. The summed E-state index contributed by atoms with van der Waals surface area (Å²) in [5, 5.41) is 8.07. The van der Waals surface area contributed by atoms with Crippen molar-refractivity contribution >= 4 is 17.4 Å². The molecule has 1 aliphatic rings. The van der Waals surface area contributed by atoms with Gasteiger partial charge in [0.1, 0.15) is 11.5 Å². The number of nitrogens with one attached hydrogen (secondary N) is 2. The van der Waals surface area contributed by atoms with E-state index in [9.17, 15) is 4.79 Å². The first-order valence-corrected chi connectivity index (χ1v) is 9.39. The van der Waals surface area contributed by atoms with Crippen molar-refractivity contribution in [3.05, 3.63) is 46.0 Å². The molecule has 0 radical (unpaired) electrons. The molecule has 3 rings (SSSR count). The smallest absolute Gasteiger partial charge is 0.315 e. The minimum Gasteiger partial charge on any atom is -0.464 e. The van der Waals surface area contributed by atoms with Crippen LogP contribution in [0.2, 0.25) is 0 Å². The van der Waals surface area contributed by atoms with E-state index in [2.05, 4.69) is 33.0 Å². The average molecular weight is 347 g/mol. The first-order valence-electron chi connectivity index (χ1n) is 8.51. The Morgan fingerprint density at radius 2 is 2.12 bits per heavy atom. The van der Waals surface area contributed by atoms with Gasteiger partial charge in [-0.3, -0.25) is 4.90 Å². The van der Waals surface area contributed by atoms with Crippen molar-refractivity contribution in [3.63, 3.8) is 0 Å². The molecular weight excluding hydrogens is 322 g/mol. The highest BCUT2D eigenvalue weighted by molar-refractivity contribution is 7.10. The maximum Gasteiger partial charge on any atom is 0.315 e. The van der Waals surface area contributed by atoms with Gasteiger partial charge in [0.25, 0.3) is 0 Å². The number of carbonyl (C=O) groups excluding carboxylic acids is 1. The number of urea groups is 1. The van der Waals surface area contributed by atoms with E-state index in [4.69, 9.17) is 4.42 Å². The fourth-order valence-electron chi connectivity index (χ4n) is 3.14. The quantitative estimate of drug-likeness (QED) is 0.834. The summed E-state index contributed by atoms with van der Waals surface area (Å²) in [6, 6.07) is 8.00. The van der Waals surface area contributed by atoms with Crippen LogP contribution in [0, 0.1) is 6.92 Å². The molecular formula is C18H25N3O2S. The highest BCUT2D eigenvalue weighted by Gasteiger charge is 2.25. The number of aryl methyl sites for hydroxylation is 1. The first kappa shape index (κ1) is 17.0. The van der Waals surface area contributed by atoms with Gasteiger partial charge in [0, 0.05) is 11.4 Å². The van der Waals surface area contributed by atoms with Crippen molar-refractivity contribution in [2.45, 2.75) is 38.8 Å². The minimum absolute atomic E-state index is 0.148. The van der Waals surface area contributed by atoms with Crippen LogP contribution in [0.25, 0.3) is 0 Å². The third-order valence-corrected chi connectivity index (χ3v) is 5.42. The van der Waals surface area contributed by atoms with Crippen molar-refractivity contribution < 1.29 is 9.21 Å². The monoisotopic (exact) mass is 347 g/mol. The van der Waals surface area contributed by atoms with E-state index in [1.54, 1.807) is 11.3 Å². The van der Waals surface area contributed by atoms with Crippen molar-refractivity contribution in [2.24, 2.45) is 0 Å². The third kappa shape index (κ3) is 4.19. The van der Waals surface area contributed by atoms with Gasteiger partial charge in [-0.25, -0.2) is 4.79 Å². The Balaban J connectivity index is 1.55. The summed E-state index contributed by atoms with van der Waals surface area (Å²) in [7, 11) is 0. The zero-order valence-electron chi connectivity index (χ0n) is 14.2. The van der Waals surface area contributed by atoms with E-state index >= 15 is 0 Å². The molecule has 24 heavy (non-hydrogen) atoms. The van der Waals surface area contributed by atoms with Gasteiger partial charge in [-0.05, 0) is 63.4 Å². The van der Waals surface area contributed by atoms with Crippen molar-refractivity contribution in [1.82, 2.24) is 15.5 Å². The van der Waals surface area contributed by atoms with Gasteiger partial charge in [-0.15, -0.1) is 11.3 Å². The Labute approximate surface area is 147 Å². The number of nitrogens with zero attached hydrogens (tertiary/aromatic N) is 1. The van der Waals surface area contributed by atoms with Gasteiger partial charge in [-0.1, -0.05) is 6.07 Å². The van der Waals surface area contributed by atoms with E-state index in [1.807, 2.05) is 26.0 Å². The fraction of sp³-hybridized carbons (Fsp3) is 0.500. The maximum atomic E-state index is 12.2. The topological polar surface area (TPSA) is 57.5 Å². The summed E-state index contributed by atoms with van der Waals surface area (Å²) < 4.78 is 5.56. The Bertz CT molecular complexity index is 647. The van der Waals surface area contributed by atoms with E-state index < -0.39 is 0 Å². The number of thiophene rings is 1. The summed E-state index contributed by atoms with van der Waals surface area (Å²) in [5.41, 5.74) is 0. The lowest BCUT2D eigenvalue weighted by molar-refractivity contribution is 0.219. The van der Waals surface area contributed by atoms with Crippen LogP contribution in [-0.2, 0) is 0 Å². The molecule has 0 spiro atoms. The number of hydrogen-bond acceptors (Lipinski definition) is 4. The number of carbonyl (C=O) groups is 1. The van der Waals surface area contributed by atoms with Crippen LogP contribution in [0.1, 0.15) is 48.2 Å². The molecule has 0 aromatic carbocycles. The molecule has 0 bridgehead atoms. The van der Waals surface area contributed by atoms with E-state index in [-0.39, 0.29) is 18.1 Å². The Morgan fingerprint density at radius 3 is 2.75 bits per heavy atom. The molecule has 1 fully saturated rings. The predicted octanol–water partition coefficient (Wildman–Crippen LogP) is 3.85. The van der Waals surface area contributed by atoms with Crippen LogP contribution in [0.4, 0.5) is 4.79 Å². The molecule has 2 amide bonds. The number of rotatable bonds is 6. The maximum absolute atomic E-state index is 12.2. The molecule has 0 unspecified atom stereocenters. The Kier molecular flexibility index (Phi) is 5.58. The van der Waals surface area contributed by atoms with Crippen LogP contribution in [0.15, 0.2) is 34.1 Å². The Hall–Kier alpha value is -1.79. The van der Waals surface area contributed by atoms with Crippen molar-refractivity contribution in [1.29, 1.82) is 0 Å². The van der Waals surface area contributed by atoms with Gasteiger partial charge in [0.15, 0.2) is 0 Å². The van der Waals surface area contributed by atoms with Crippen LogP contribution in [0.5, 0.6) is 0 Å². The highest BCUT2D eigenvalue weighted by atomic mass is 32.1. The minimum atomic E-state index is -0.155. The molecule has 6 heteroatoms. The SMILES string of the molecule is Cc1ccc([C@@H](C)NC(=O)NC[C@@H](c2cccs2)N2CCCC2)o1. The molecule has 2 aromatic rings. The van der Waals surface area contributed by atoms with Crippen LogP contribution in [-0.4, -0.2) is 30.6 Å². The second-order valence-corrected chi connectivity index (χ2v) is 7.28. The van der Waals surface area contributed by atoms with E-state index in [1.165, 1.54) is 17.7 Å². The molecule has 130 valence electrons. The summed E-state index contributed by atoms with van der Waals surface area (Å²) in [6.07, 6.45) is 2.48. The number of likely N-dealkylation sites (tertiary alicyclic amines) is 1. The van der Waals surface area contributed by atoms with Crippen LogP contribution >= 0.6 is 11.3 Å². The lowest BCUT2D eigenvalue weighted by Gasteiger charge is -2.27. The summed E-state index contributed by atoms with van der Waals surface area (Å²) in [5.74, 6) is 1.63. The zero-order chi connectivity index (χ0) is 16.9. The zero-order valence-corrected chi connectivity index (χ0v) is 15.1. The highest BCUT2D eigenvalue weighted by Crippen LogP contribution is 2.27. The van der Waals surface area contributed by atoms with Gasteiger partial charge in [0.2, 0.25) is 0 Å². The molecule has 2 aromatic heterocycles. The normalized spacial score (nSPS) is 17.6. The second kappa shape index (κ2) is 7.85. The summed E-state index contributed by atoms with van der Waals surface area (Å²) >= 11 is 1.75. The summed E-state index contributed by atoms with van der Waals surface area (Å²) in [4.78, 5) is 16.0. The van der Waals surface area contributed by atoms with Crippen molar-refractivity contribution in [2.75, 3.05) is 19.6 Å². The first-order chi connectivity index (χ1) is 11.6. The molecule has 2 atom stereocenters. The molecule has 3 heterocycles. The predicted molar refractivity (Wildman–Crippen MR) is 96.3 cm³/mol. The molecule has 0 saturated carbocycles. The largest absolute Gasteiger partial charge is 0.464 e. The second-order valence-electron chi connectivity index (χ2n) is 6.30. The van der Waals surface area contributed by atoms with E-state index in [0.29, 0.717) is 6.54 Å². The number of furan rings is 1. The van der Waals surface area contributed by atoms with Gasteiger partial charge in [-0.2, -0.15) is 0 Å². The van der Waals surface area contributed by atoms with Crippen LogP contribution < -0.4 is 10.6 Å². The lowest BCUT2D eigenvalue weighted by atomic mass is 10.2.